The number of para-hydroxylation sites is 6. The van der Waals surface area contributed by atoms with Gasteiger partial charge in [-0.25, -0.2) is 0 Å². The van der Waals surface area contributed by atoms with Gasteiger partial charge in [-0.05, 0) is 189 Å². The summed E-state index contributed by atoms with van der Waals surface area (Å²) in [5.41, 5.74) is 27.7. The number of fused-ring (bicyclic) bond motifs is 30. The number of aromatic nitrogens is 3. The Morgan fingerprint density at radius 2 is 0.364 bits per heavy atom. The van der Waals surface area contributed by atoms with Crippen LogP contribution in [-0.4, -0.2) is 13.7 Å². The molecule has 0 spiro atoms. The van der Waals surface area contributed by atoms with Crippen LogP contribution in [0.2, 0.25) is 0 Å². The fourth-order valence-electron chi connectivity index (χ4n) is 21.6. The van der Waals surface area contributed by atoms with Gasteiger partial charge in [0, 0.05) is 104 Å². The Labute approximate surface area is 757 Å². The molecule has 29 aromatic rings. The van der Waals surface area contributed by atoms with Gasteiger partial charge < -0.3 is 27.0 Å². The Morgan fingerprint density at radius 1 is 0.136 bits per heavy atom. The van der Waals surface area contributed by atoms with Gasteiger partial charge in [0.1, 0.15) is 33.5 Å². The lowest BCUT2D eigenvalue weighted by atomic mass is 9.97. The molecule has 0 amide bonds. The maximum atomic E-state index is 6.72. The van der Waals surface area contributed by atoms with Gasteiger partial charge in [0.2, 0.25) is 0 Å². The first-order chi connectivity index (χ1) is 65.5. The summed E-state index contributed by atoms with van der Waals surface area (Å²) in [6, 6.07) is 168. The summed E-state index contributed by atoms with van der Waals surface area (Å²) >= 11 is 0. The molecule has 0 atom stereocenters. The van der Waals surface area contributed by atoms with E-state index >= 15 is 0 Å². The molecule has 0 aliphatic carbocycles. The normalized spacial score (nSPS) is 11.9. The molecule has 6 nitrogen and oxygen atoms in total. The van der Waals surface area contributed by atoms with Crippen LogP contribution in [0.5, 0.6) is 0 Å². The van der Waals surface area contributed by atoms with Crippen molar-refractivity contribution in [2.75, 3.05) is 0 Å². The number of hydrogen-bond acceptors (Lipinski definition) is 3. The maximum Gasteiger partial charge on any atom is 0.143 e. The fraction of sp³-hybridized carbons (Fsp3) is 0. The first-order valence-electron chi connectivity index (χ1n) is 45.2. The van der Waals surface area contributed by atoms with Crippen LogP contribution in [0.1, 0.15) is 0 Å². The smallest absolute Gasteiger partial charge is 0.143 e. The molecule has 29 rings (SSSR count). The zero-order valence-electron chi connectivity index (χ0n) is 71.5. The van der Waals surface area contributed by atoms with Crippen LogP contribution in [0.3, 0.4) is 0 Å². The Balaban J connectivity index is 0.000000102. The van der Waals surface area contributed by atoms with E-state index in [9.17, 15) is 0 Å². The molecule has 614 valence electrons. The van der Waals surface area contributed by atoms with Crippen molar-refractivity contribution in [1.29, 1.82) is 0 Å². The van der Waals surface area contributed by atoms with Gasteiger partial charge in [0.25, 0.3) is 0 Å². The molecule has 6 heteroatoms. The molecule has 0 aliphatic heterocycles. The largest absolute Gasteiger partial charge is 0.455 e. The van der Waals surface area contributed by atoms with Crippen LogP contribution in [0.4, 0.5) is 0 Å². The molecular formula is C126H77N3O3. The molecule has 0 unspecified atom stereocenters. The molecule has 0 bridgehead atoms. The highest BCUT2D eigenvalue weighted by Crippen LogP contribution is 2.49. The third kappa shape index (κ3) is 11.8. The van der Waals surface area contributed by atoms with Gasteiger partial charge in [0.05, 0.1) is 33.1 Å². The molecule has 0 saturated heterocycles. The van der Waals surface area contributed by atoms with E-state index in [2.05, 4.69) is 450 Å². The van der Waals surface area contributed by atoms with Gasteiger partial charge in [0.15, 0.2) is 0 Å². The lowest BCUT2D eigenvalue weighted by Crippen LogP contribution is -1.94. The lowest BCUT2D eigenvalue weighted by Gasteiger charge is -2.11. The average molecular weight is 1680 g/mol. The van der Waals surface area contributed by atoms with E-state index in [0.29, 0.717) is 0 Å². The van der Waals surface area contributed by atoms with Crippen LogP contribution in [0.25, 0.3) is 269 Å². The van der Waals surface area contributed by atoms with Crippen LogP contribution >= 0.6 is 0 Å². The van der Waals surface area contributed by atoms with Crippen LogP contribution in [0.15, 0.2) is 480 Å². The summed E-state index contributed by atoms with van der Waals surface area (Å²) in [4.78, 5) is 0. The third-order valence-electron chi connectivity index (χ3n) is 27.6. The zero-order valence-corrected chi connectivity index (χ0v) is 71.5. The molecule has 0 fully saturated rings. The minimum atomic E-state index is 0.919. The third-order valence-corrected chi connectivity index (χ3v) is 27.6. The van der Waals surface area contributed by atoms with Crippen molar-refractivity contribution < 1.29 is 13.3 Å². The Bertz CT molecular complexity index is 9500. The van der Waals surface area contributed by atoms with Gasteiger partial charge in [-0.3, -0.25) is 0 Å². The van der Waals surface area contributed by atoms with Crippen molar-refractivity contribution >= 4 is 196 Å². The summed E-state index contributed by atoms with van der Waals surface area (Å²) < 4.78 is 26.7. The lowest BCUT2D eigenvalue weighted by molar-refractivity contribution is 0.669. The summed E-state index contributed by atoms with van der Waals surface area (Å²) in [5, 5.41) is 30.0. The Hall–Kier alpha value is -17.6. The highest BCUT2D eigenvalue weighted by Gasteiger charge is 2.25. The standard InChI is InChI=1S/2C44H27NO.C38H23NO/c1-3-13-34-29(9-1)21-25-39-42(34)43-35-14-4-2-10-30(35)22-26-40(43)45(39)33-23-19-28(20-24-33)31-11-7-12-32(27-31)36-16-8-17-38-37-15-5-6-18-41(37)46-44(36)38;1-2-10-28(11-3-1)35-16-8-18-37-38-19-9-17-36(44(38)46-43(35)37)31-20-24-32(25-21-31)45-39-26-22-29-12-4-6-14-33(29)41(39)42-34-15-7-5-13-30(34)23-27-40(42)45;1-3-10-28-24(8-1)18-22-33-36(28)37-29-11-4-2-9-25(29)19-23-34(37)39(33)27-20-16-26(17-21-27)30-13-7-14-32-31-12-5-6-15-35(31)40-38(30)32/h2*1-27H;1-23H. The Kier molecular flexibility index (Phi) is 17.0. The van der Waals surface area contributed by atoms with Gasteiger partial charge >= 0.3 is 0 Å². The van der Waals surface area contributed by atoms with Gasteiger partial charge in [-0.1, -0.05) is 376 Å². The van der Waals surface area contributed by atoms with E-state index in [-0.39, 0.29) is 0 Å². The van der Waals surface area contributed by atoms with E-state index in [1.807, 2.05) is 30.3 Å². The zero-order chi connectivity index (χ0) is 86.6. The molecule has 23 aromatic carbocycles. The van der Waals surface area contributed by atoms with Crippen molar-refractivity contribution in [2.24, 2.45) is 0 Å². The topological polar surface area (TPSA) is 54.2 Å². The maximum absolute atomic E-state index is 6.72. The van der Waals surface area contributed by atoms with E-state index in [1.165, 1.54) is 141 Å². The van der Waals surface area contributed by atoms with Crippen molar-refractivity contribution in [3.8, 4) is 72.7 Å². The van der Waals surface area contributed by atoms with E-state index < -0.39 is 0 Å². The minimum absolute atomic E-state index is 0.919. The second-order valence-electron chi connectivity index (χ2n) is 34.7. The predicted molar refractivity (Wildman–Crippen MR) is 556 cm³/mol. The first kappa shape index (κ1) is 74.6. The van der Waals surface area contributed by atoms with Gasteiger partial charge in [-0.2, -0.15) is 0 Å². The van der Waals surface area contributed by atoms with Crippen LogP contribution in [-0.2, 0) is 0 Å². The van der Waals surface area contributed by atoms with Crippen LogP contribution < -0.4 is 0 Å². The molecule has 0 N–H and O–H groups in total. The molecule has 6 heterocycles. The SMILES string of the molecule is c1cc(-c2ccc(-n3c4ccc5ccccc5c4c4c5ccccc5ccc43)cc2)cc(-c2cccc3c2oc2ccccc23)c1.c1ccc(-c2cccc3c2oc2c(-c4ccc(-n5c6ccc7ccccc7c6c6c7ccccc7ccc65)cc4)cccc23)cc1.c1ccc2c(c1)ccc1c2c2c3ccccc3ccc2n1-c1ccc(-c2cccc3c2oc2ccccc23)cc1. The predicted octanol–water partition coefficient (Wildman–Crippen LogP) is 35.3. The second kappa shape index (κ2) is 30.0. The van der Waals surface area contributed by atoms with Crippen molar-refractivity contribution in [3.63, 3.8) is 0 Å². The van der Waals surface area contributed by atoms with Gasteiger partial charge in [-0.15, -0.1) is 0 Å². The van der Waals surface area contributed by atoms with Crippen molar-refractivity contribution in [3.05, 3.63) is 467 Å². The summed E-state index contributed by atoms with van der Waals surface area (Å²) in [6.45, 7) is 0. The molecular weight excluding hydrogens is 1600 g/mol. The average Bonchev–Trinajstić information content (AvgIpc) is 1.57. The fourth-order valence-corrected chi connectivity index (χ4v) is 21.6. The first-order valence-corrected chi connectivity index (χ1v) is 45.2. The second-order valence-corrected chi connectivity index (χ2v) is 34.7. The molecule has 0 radical (unpaired) electrons. The summed E-state index contributed by atoms with van der Waals surface area (Å²) in [5.74, 6) is 0. The quantitative estimate of drug-likeness (QED) is 0.152. The van der Waals surface area contributed by atoms with E-state index in [4.69, 9.17) is 13.3 Å². The van der Waals surface area contributed by atoms with Crippen molar-refractivity contribution in [2.45, 2.75) is 0 Å². The molecule has 6 aromatic heterocycles. The highest BCUT2D eigenvalue weighted by molar-refractivity contribution is 6.32. The number of furan rings is 3. The van der Waals surface area contributed by atoms with E-state index in [1.54, 1.807) is 0 Å². The van der Waals surface area contributed by atoms with E-state index in [0.717, 1.165) is 127 Å². The van der Waals surface area contributed by atoms with Crippen molar-refractivity contribution in [1.82, 2.24) is 13.7 Å². The monoisotopic (exact) mass is 1680 g/mol. The minimum Gasteiger partial charge on any atom is -0.455 e. The van der Waals surface area contributed by atoms with Crippen LogP contribution in [0, 0.1) is 0 Å². The number of benzene rings is 23. The molecule has 132 heavy (non-hydrogen) atoms. The summed E-state index contributed by atoms with van der Waals surface area (Å²) in [7, 11) is 0. The molecule has 0 saturated carbocycles. The summed E-state index contributed by atoms with van der Waals surface area (Å²) in [6.07, 6.45) is 0. The molecule has 0 aliphatic rings. The number of hydrogen-bond donors (Lipinski definition) is 0. The Morgan fingerprint density at radius 3 is 0.689 bits per heavy atom. The number of rotatable bonds is 8. The number of nitrogens with zero attached hydrogens (tertiary/aromatic N) is 3. The highest BCUT2D eigenvalue weighted by atomic mass is 16.3.